The SMILES string of the molecule is O=S(=O)(NC[C@@H]1CCOc2ccccc2C1)N1CCOCC1. The highest BCUT2D eigenvalue weighted by Crippen LogP contribution is 2.26. The van der Waals surface area contributed by atoms with Crippen LogP contribution in [-0.2, 0) is 21.4 Å². The summed E-state index contributed by atoms with van der Waals surface area (Å²) in [6, 6.07) is 7.96. The van der Waals surface area contributed by atoms with Crippen LogP contribution in [0.5, 0.6) is 5.75 Å². The Morgan fingerprint density at radius 1 is 1.18 bits per heavy atom. The van der Waals surface area contributed by atoms with E-state index in [1.54, 1.807) is 0 Å². The Labute approximate surface area is 131 Å². The number of nitrogens with zero attached hydrogens (tertiary/aromatic N) is 1. The molecule has 2 heterocycles. The van der Waals surface area contributed by atoms with Gasteiger partial charge in [0.2, 0.25) is 0 Å². The second-order valence-corrected chi connectivity index (χ2v) is 7.44. The van der Waals surface area contributed by atoms with Crippen molar-refractivity contribution in [1.29, 1.82) is 0 Å². The maximum Gasteiger partial charge on any atom is 0.279 e. The monoisotopic (exact) mass is 326 g/mol. The number of benzene rings is 1. The van der Waals surface area contributed by atoms with Crippen LogP contribution >= 0.6 is 0 Å². The Morgan fingerprint density at radius 2 is 1.95 bits per heavy atom. The zero-order chi connectivity index (χ0) is 15.4. The van der Waals surface area contributed by atoms with Gasteiger partial charge in [-0.3, -0.25) is 0 Å². The average Bonchev–Trinajstić information content (AvgIpc) is 2.76. The fourth-order valence-electron chi connectivity index (χ4n) is 2.84. The summed E-state index contributed by atoms with van der Waals surface area (Å²) in [5, 5.41) is 0. The zero-order valence-corrected chi connectivity index (χ0v) is 13.3. The van der Waals surface area contributed by atoms with Gasteiger partial charge in [0.05, 0.1) is 19.8 Å². The van der Waals surface area contributed by atoms with Crippen molar-refractivity contribution < 1.29 is 17.9 Å². The van der Waals surface area contributed by atoms with Gasteiger partial charge in [-0.25, -0.2) is 4.72 Å². The van der Waals surface area contributed by atoms with Gasteiger partial charge in [-0.1, -0.05) is 18.2 Å². The molecular formula is C15H22N2O4S. The van der Waals surface area contributed by atoms with Gasteiger partial charge >= 0.3 is 0 Å². The summed E-state index contributed by atoms with van der Waals surface area (Å²) in [5.74, 6) is 1.17. The van der Waals surface area contributed by atoms with Crippen LogP contribution in [0.25, 0.3) is 0 Å². The van der Waals surface area contributed by atoms with Crippen molar-refractivity contribution in [3.63, 3.8) is 0 Å². The molecule has 0 unspecified atom stereocenters. The van der Waals surface area contributed by atoms with E-state index >= 15 is 0 Å². The maximum absolute atomic E-state index is 12.3. The minimum absolute atomic E-state index is 0.250. The molecule has 6 nitrogen and oxygen atoms in total. The first-order chi connectivity index (χ1) is 10.6. The molecule has 122 valence electrons. The number of fused-ring (bicyclic) bond motifs is 1. The highest BCUT2D eigenvalue weighted by atomic mass is 32.2. The summed E-state index contributed by atoms with van der Waals surface area (Å²) in [5.41, 5.74) is 1.15. The van der Waals surface area contributed by atoms with Crippen molar-refractivity contribution in [3.8, 4) is 5.75 Å². The van der Waals surface area contributed by atoms with Gasteiger partial charge in [0.1, 0.15) is 5.75 Å². The lowest BCUT2D eigenvalue weighted by Crippen LogP contribution is -2.47. The van der Waals surface area contributed by atoms with E-state index in [0.717, 1.165) is 24.2 Å². The fraction of sp³-hybridized carbons (Fsp3) is 0.600. The number of morpholine rings is 1. The molecule has 1 atom stereocenters. The molecule has 2 aliphatic heterocycles. The molecule has 0 radical (unpaired) electrons. The van der Waals surface area contributed by atoms with Gasteiger partial charge in [-0.05, 0) is 30.4 Å². The van der Waals surface area contributed by atoms with E-state index in [9.17, 15) is 8.42 Å². The van der Waals surface area contributed by atoms with Crippen LogP contribution in [0.15, 0.2) is 24.3 Å². The molecule has 0 aliphatic carbocycles. The van der Waals surface area contributed by atoms with Crippen molar-refractivity contribution in [2.75, 3.05) is 39.5 Å². The molecule has 7 heteroatoms. The van der Waals surface area contributed by atoms with Gasteiger partial charge in [0.25, 0.3) is 10.2 Å². The van der Waals surface area contributed by atoms with Gasteiger partial charge in [0, 0.05) is 19.6 Å². The third-order valence-electron chi connectivity index (χ3n) is 4.13. The number of hydrogen-bond acceptors (Lipinski definition) is 4. The highest BCUT2D eigenvalue weighted by Gasteiger charge is 2.25. The zero-order valence-electron chi connectivity index (χ0n) is 12.5. The third kappa shape index (κ3) is 3.78. The first-order valence-electron chi connectivity index (χ1n) is 7.68. The van der Waals surface area contributed by atoms with E-state index in [0.29, 0.717) is 39.5 Å². The minimum atomic E-state index is -3.41. The standard InChI is InChI=1S/C15H22N2O4S/c18-22(19,17-6-9-20-10-7-17)16-12-13-5-8-21-15-4-2-1-3-14(15)11-13/h1-4,13,16H,5-12H2/t13-/m1/s1. The predicted molar refractivity (Wildman–Crippen MR) is 83.1 cm³/mol. The van der Waals surface area contributed by atoms with Crippen LogP contribution in [0, 0.1) is 5.92 Å². The molecule has 22 heavy (non-hydrogen) atoms. The summed E-state index contributed by atoms with van der Waals surface area (Å²) in [4.78, 5) is 0. The quantitative estimate of drug-likeness (QED) is 0.888. The van der Waals surface area contributed by atoms with Crippen LogP contribution in [0.1, 0.15) is 12.0 Å². The summed E-state index contributed by atoms with van der Waals surface area (Å²) >= 11 is 0. The number of rotatable bonds is 4. The minimum Gasteiger partial charge on any atom is -0.493 e. The van der Waals surface area contributed by atoms with Crippen molar-refractivity contribution in [1.82, 2.24) is 9.03 Å². The van der Waals surface area contributed by atoms with Crippen molar-refractivity contribution in [2.24, 2.45) is 5.92 Å². The average molecular weight is 326 g/mol. The van der Waals surface area contributed by atoms with Crippen LogP contribution in [0.4, 0.5) is 0 Å². The lowest BCUT2D eigenvalue weighted by molar-refractivity contribution is 0.0724. The smallest absolute Gasteiger partial charge is 0.279 e. The number of nitrogens with one attached hydrogen (secondary N) is 1. The van der Waals surface area contributed by atoms with Crippen molar-refractivity contribution >= 4 is 10.2 Å². The Bertz CT molecular complexity index is 599. The van der Waals surface area contributed by atoms with E-state index in [2.05, 4.69) is 4.72 Å². The van der Waals surface area contributed by atoms with Crippen LogP contribution in [0.3, 0.4) is 0 Å². The molecular weight excluding hydrogens is 304 g/mol. The summed E-state index contributed by atoms with van der Waals surface area (Å²) < 4.78 is 39.7. The second-order valence-electron chi connectivity index (χ2n) is 5.68. The molecule has 1 N–H and O–H groups in total. The molecule has 1 saturated heterocycles. The van der Waals surface area contributed by atoms with E-state index in [4.69, 9.17) is 9.47 Å². The largest absolute Gasteiger partial charge is 0.493 e. The van der Waals surface area contributed by atoms with E-state index in [1.165, 1.54) is 4.31 Å². The molecule has 0 spiro atoms. The second kappa shape index (κ2) is 6.95. The lowest BCUT2D eigenvalue weighted by atomic mass is 9.97. The molecule has 1 aromatic carbocycles. The predicted octanol–water partition coefficient (Wildman–Crippen LogP) is 0.794. The van der Waals surface area contributed by atoms with E-state index < -0.39 is 10.2 Å². The summed E-state index contributed by atoms with van der Waals surface area (Å²) in [6.07, 6.45) is 1.68. The molecule has 0 amide bonds. The third-order valence-corrected chi connectivity index (χ3v) is 5.71. The Hall–Kier alpha value is -1.15. The van der Waals surface area contributed by atoms with E-state index in [-0.39, 0.29) is 5.92 Å². The Kier molecular flexibility index (Phi) is 4.97. The first kappa shape index (κ1) is 15.7. The molecule has 2 aliphatic rings. The fourth-order valence-corrected chi connectivity index (χ4v) is 4.10. The van der Waals surface area contributed by atoms with Crippen LogP contribution in [-0.4, -0.2) is 52.2 Å². The van der Waals surface area contributed by atoms with Crippen molar-refractivity contribution in [2.45, 2.75) is 12.8 Å². The van der Waals surface area contributed by atoms with Crippen molar-refractivity contribution in [3.05, 3.63) is 29.8 Å². The van der Waals surface area contributed by atoms with Crippen LogP contribution < -0.4 is 9.46 Å². The Morgan fingerprint density at radius 3 is 2.77 bits per heavy atom. The normalized spacial score (nSPS) is 23.4. The first-order valence-corrected chi connectivity index (χ1v) is 9.12. The van der Waals surface area contributed by atoms with E-state index in [1.807, 2.05) is 24.3 Å². The maximum atomic E-state index is 12.3. The molecule has 0 bridgehead atoms. The van der Waals surface area contributed by atoms with Gasteiger partial charge in [0.15, 0.2) is 0 Å². The number of ether oxygens (including phenoxy) is 2. The molecule has 3 rings (SSSR count). The molecule has 1 fully saturated rings. The number of para-hydroxylation sites is 1. The molecule has 0 aromatic heterocycles. The van der Waals surface area contributed by atoms with Gasteiger partial charge in [-0.2, -0.15) is 12.7 Å². The Balaban J connectivity index is 1.59. The highest BCUT2D eigenvalue weighted by molar-refractivity contribution is 7.87. The topological polar surface area (TPSA) is 67.9 Å². The lowest BCUT2D eigenvalue weighted by Gasteiger charge is -2.27. The molecule has 0 saturated carbocycles. The summed E-state index contributed by atoms with van der Waals surface area (Å²) in [7, 11) is -3.41. The molecule has 1 aromatic rings. The van der Waals surface area contributed by atoms with Gasteiger partial charge in [-0.15, -0.1) is 0 Å². The van der Waals surface area contributed by atoms with Gasteiger partial charge < -0.3 is 9.47 Å². The van der Waals surface area contributed by atoms with Crippen LogP contribution in [0.2, 0.25) is 0 Å². The number of hydrogen-bond donors (Lipinski definition) is 1. The summed E-state index contributed by atoms with van der Waals surface area (Å²) in [6.45, 7) is 2.84.